The predicted molar refractivity (Wildman–Crippen MR) is 114 cm³/mol. The second-order valence-electron chi connectivity index (χ2n) is 6.95. The van der Waals surface area contributed by atoms with Gasteiger partial charge in [-0.25, -0.2) is 14.4 Å². The van der Waals surface area contributed by atoms with Gasteiger partial charge in [0.2, 0.25) is 0 Å². The maximum atomic E-state index is 13.3. The van der Waals surface area contributed by atoms with Crippen LogP contribution >= 0.6 is 0 Å². The van der Waals surface area contributed by atoms with Gasteiger partial charge in [-0.05, 0) is 72.5 Å². The Labute approximate surface area is 169 Å². The predicted octanol–water partition coefficient (Wildman–Crippen LogP) is 5.96. The molecule has 0 amide bonds. The number of benzene rings is 3. The molecule has 0 fully saturated rings. The highest BCUT2D eigenvalue weighted by Crippen LogP contribution is 2.28. The van der Waals surface area contributed by atoms with Crippen LogP contribution in [0.4, 0.5) is 15.9 Å². The van der Waals surface area contributed by atoms with Crippen molar-refractivity contribution >= 4 is 22.4 Å². The normalized spacial score (nSPS) is 10.9. The van der Waals surface area contributed by atoms with Crippen LogP contribution in [0.5, 0.6) is 5.75 Å². The quantitative estimate of drug-likeness (QED) is 0.443. The molecule has 4 nitrogen and oxygen atoms in total. The smallest absolute Gasteiger partial charge is 0.141 e. The molecule has 0 aliphatic rings. The van der Waals surface area contributed by atoms with Gasteiger partial charge in [-0.1, -0.05) is 25.1 Å². The van der Waals surface area contributed by atoms with Crippen molar-refractivity contribution in [2.45, 2.75) is 26.9 Å². The van der Waals surface area contributed by atoms with Gasteiger partial charge in [0.1, 0.15) is 30.3 Å². The molecular weight excluding hydrogens is 365 g/mol. The Kier molecular flexibility index (Phi) is 5.38. The average Bonchev–Trinajstić information content (AvgIpc) is 2.73. The number of rotatable bonds is 6. The molecule has 0 bridgehead atoms. The van der Waals surface area contributed by atoms with E-state index >= 15 is 0 Å². The Morgan fingerprint density at radius 1 is 0.966 bits per heavy atom. The van der Waals surface area contributed by atoms with Gasteiger partial charge in [0.15, 0.2) is 0 Å². The molecule has 4 aromatic rings. The minimum absolute atomic E-state index is 0.259. The number of anilines is 2. The van der Waals surface area contributed by atoms with E-state index in [1.807, 2.05) is 37.3 Å². The molecule has 0 unspecified atom stereocenters. The third-order valence-corrected chi connectivity index (χ3v) is 4.83. The van der Waals surface area contributed by atoms with Gasteiger partial charge >= 0.3 is 0 Å². The molecule has 0 saturated carbocycles. The van der Waals surface area contributed by atoms with E-state index in [1.54, 1.807) is 12.4 Å². The largest absolute Gasteiger partial charge is 0.489 e. The molecule has 1 heterocycles. The molecule has 146 valence electrons. The number of halogens is 1. The Morgan fingerprint density at radius 3 is 2.66 bits per heavy atom. The Hall–Kier alpha value is -3.47. The lowest BCUT2D eigenvalue weighted by atomic mass is 10.1. The highest BCUT2D eigenvalue weighted by Gasteiger charge is 2.07. The van der Waals surface area contributed by atoms with Gasteiger partial charge in [-0.15, -0.1) is 0 Å². The molecule has 0 radical (unpaired) electrons. The fourth-order valence-corrected chi connectivity index (χ4v) is 3.24. The summed E-state index contributed by atoms with van der Waals surface area (Å²) in [6.45, 7) is 4.44. The number of hydrogen-bond donors (Lipinski definition) is 1. The fraction of sp³-hybridized carbons (Fsp3) is 0.167. The summed E-state index contributed by atoms with van der Waals surface area (Å²) < 4.78 is 19.2. The van der Waals surface area contributed by atoms with Crippen molar-refractivity contribution in [1.29, 1.82) is 0 Å². The van der Waals surface area contributed by atoms with E-state index in [-0.39, 0.29) is 5.82 Å². The number of hydrogen-bond acceptors (Lipinski definition) is 4. The van der Waals surface area contributed by atoms with Crippen LogP contribution in [0.15, 0.2) is 67.0 Å². The lowest BCUT2D eigenvalue weighted by Gasteiger charge is -2.13. The summed E-state index contributed by atoms with van der Waals surface area (Å²) in [5, 5.41) is 4.39. The molecule has 5 heteroatoms. The van der Waals surface area contributed by atoms with Crippen LogP contribution in [0.2, 0.25) is 0 Å². The minimum Gasteiger partial charge on any atom is -0.489 e. The molecule has 0 aliphatic heterocycles. The summed E-state index contributed by atoms with van der Waals surface area (Å²) in [7, 11) is 0. The van der Waals surface area contributed by atoms with E-state index < -0.39 is 0 Å². The van der Waals surface area contributed by atoms with Crippen molar-refractivity contribution in [3.63, 3.8) is 0 Å². The molecule has 4 rings (SSSR count). The van der Waals surface area contributed by atoms with Crippen molar-refractivity contribution in [3.8, 4) is 5.75 Å². The third-order valence-electron chi connectivity index (χ3n) is 4.83. The Morgan fingerprint density at radius 2 is 1.86 bits per heavy atom. The van der Waals surface area contributed by atoms with Crippen molar-refractivity contribution < 1.29 is 9.13 Å². The van der Waals surface area contributed by atoms with Crippen LogP contribution in [0.1, 0.15) is 23.6 Å². The van der Waals surface area contributed by atoms with E-state index in [0.29, 0.717) is 6.61 Å². The standard InChI is InChI=1S/C24H22FN3O/c1-3-17-7-9-22-21(13-17)24(27-15-26-22)28-20-8-10-23(16(2)11-20)29-14-18-5-4-6-19(25)12-18/h4-13,15H,3,14H2,1-2H3,(H,26,27,28). The van der Waals surface area contributed by atoms with Crippen LogP contribution in [-0.4, -0.2) is 9.97 Å². The van der Waals surface area contributed by atoms with E-state index in [4.69, 9.17) is 4.74 Å². The molecule has 0 saturated heterocycles. The van der Waals surface area contributed by atoms with Crippen molar-refractivity contribution in [3.05, 3.63) is 89.5 Å². The summed E-state index contributed by atoms with van der Waals surface area (Å²) in [4.78, 5) is 8.78. The molecule has 1 N–H and O–H groups in total. The summed E-state index contributed by atoms with van der Waals surface area (Å²) in [5.41, 5.74) is 4.85. The van der Waals surface area contributed by atoms with Crippen LogP contribution in [0.25, 0.3) is 10.9 Å². The lowest BCUT2D eigenvalue weighted by Crippen LogP contribution is -2.00. The van der Waals surface area contributed by atoms with Crippen molar-refractivity contribution in [2.75, 3.05) is 5.32 Å². The average molecular weight is 387 g/mol. The van der Waals surface area contributed by atoms with E-state index in [2.05, 4.69) is 34.3 Å². The SMILES string of the molecule is CCc1ccc2ncnc(Nc3ccc(OCc4cccc(F)c4)c(C)c3)c2c1. The van der Waals surface area contributed by atoms with Gasteiger partial charge in [0.25, 0.3) is 0 Å². The van der Waals surface area contributed by atoms with E-state index in [1.165, 1.54) is 17.7 Å². The zero-order valence-electron chi connectivity index (χ0n) is 16.4. The Bertz CT molecular complexity index is 1160. The van der Waals surface area contributed by atoms with Gasteiger partial charge < -0.3 is 10.1 Å². The summed E-state index contributed by atoms with van der Waals surface area (Å²) in [6.07, 6.45) is 2.53. The maximum absolute atomic E-state index is 13.3. The topological polar surface area (TPSA) is 47.0 Å². The number of aromatic nitrogens is 2. The third kappa shape index (κ3) is 4.35. The summed E-state index contributed by atoms with van der Waals surface area (Å²) >= 11 is 0. The van der Waals surface area contributed by atoms with E-state index in [0.717, 1.165) is 45.7 Å². The van der Waals surface area contributed by atoms with E-state index in [9.17, 15) is 4.39 Å². The second-order valence-corrected chi connectivity index (χ2v) is 6.95. The van der Waals surface area contributed by atoms with Gasteiger partial charge in [0, 0.05) is 11.1 Å². The molecule has 0 spiro atoms. The highest BCUT2D eigenvalue weighted by atomic mass is 19.1. The van der Waals surface area contributed by atoms with Crippen LogP contribution in [0.3, 0.4) is 0 Å². The van der Waals surface area contributed by atoms with Crippen LogP contribution in [0, 0.1) is 12.7 Å². The number of aryl methyl sites for hydroxylation is 2. The highest BCUT2D eigenvalue weighted by molar-refractivity contribution is 5.91. The van der Waals surface area contributed by atoms with Crippen molar-refractivity contribution in [2.24, 2.45) is 0 Å². The molecule has 3 aromatic carbocycles. The van der Waals surface area contributed by atoms with Gasteiger partial charge in [-0.3, -0.25) is 0 Å². The monoisotopic (exact) mass is 387 g/mol. The molecule has 0 atom stereocenters. The van der Waals surface area contributed by atoms with Gasteiger partial charge in [0.05, 0.1) is 5.52 Å². The molecule has 0 aliphatic carbocycles. The molecular formula is C24H22FN3O. The number of ether oxygens (including phenoxy) is 1. The number of fused-ring (bicyclic) bond motifs is 1. The first-order valence-corrected chi connectivity index (χ1v) is 9.61. The summed E-state index contributed by atoms with van der Waals surface area (Å²) in [5.74, 6) is 1.28. The lowest BCUT2D eigenvalue weighted by molar-refractivity contribution is 0.303. The van der Waals surface area contributed by atoms with Crippen molar-refractivity contribution in [1.82, 2.24) is 9.97 Å². The number of nitrogens with zero attached hydrogens (tertiary/aromatic N) is 2. The maximum Gasteiger partial charge on any atom is 0.141 e. The van der Waals surface area contributed by atoms with Crippen LogP contribution in [-0.2, 0) is 13.0 Å². The second kappa shape index (κ2) is 8.27. The molecule has 1 aromatic heterocycles. The minimum atomic E-state index is -0.259. The van der Waals surface area contributed by atoms with Crippen LogP contribution < -0.4 is 10.1 Å². The first-order valence-electron chi connectivity index (χ1n) is 9.61. The first-order chi connectivity index (χ1) is 14.1. The zero-order valence-corrected chi connectivity index (χ0v) is 16.4. The zero-order chi connectivity index (χ0) is 20.2. The fourth-order valence-electron chi connectivity index (χ4n) is 3.24. The molecule has 29 heavy (non-hydrogen) atoms. The Balaban J connectivity index is 1.53. The first kappa shape index (κ1) is 18.9. The van der Waals surface area contributed by atoms with Gasteiger partial charge in [-0.2, -0.15) is 0 Å². The number of nitrogens with one attached hydrogen (secondary N) is 1. The summed E-state index contributed by atoms with van der Waals surface area (Å²) in [6, 6.07) is 18.6.